The topological polar surface area (TPSA) is 72.5 Å². The summed E-state index contributed by atoms with van der Waals surface area (Å²) in [7, 11) is 1.59. The Morgan fingerprint density at radius 3 is 2.28 bits per heavy atom. The maximum atomic E-state index is 12.9. The van der Waals surface area contributed by atoms with Crippen molar-refractivity contribution in [3.63, 3.8) is 0 Å². The van der Waals surface area contributed by atoms with Gasteiger partial charge in [0.15, 0.2) is 5.13 Å². The van der Waals surface area contributed by atoms with Crippen LogP contribution < -0.4 is 20.1 Å². The van der Waals surface area contributed by atoms with Crippen molar-refractivity contribution in [3.8, 4) is 22.8 Å². The molecule has 4 aromatic rings. The Morgan fingerprint density at radius 2 is 1.62 bits per heavy atom. The van der Waals surface area contributed by atoms with Gasteiger partial charge >= 0.3 is 0 Å². The number of thiazole rings is 1. The first kappa shape index (κ1) is 21.4. The minimum Gasteiger partial charge on any atom is -0.497 e. The summed E-state index contributed by atoms with van der Waals surface area (Å²) in [6, 6.07) is 24.5. The normalized spacial score (nSPS) is 10.4. The van der Waals surface area contributed by atoms with Gasteiger partial charge in [0.2, 0.25) is 0 Å². The quantitative estimate of drug-likeness (QED) is 0.337. The van der Waals surface area contributed by atoms with Gasteiger partial charge in [-0.25, -0.2) is 4.98 Å². The third-order valence-corrected chi connectivity index (χ3v) is 5.56. The molecule has 0 unspecified atom stereocenters. The molecule has 7 heteroatoms. The zero-order valence-corrected chi connectivity index (χ0v) is 18.6. The van der Waals surface area contributed by atoms with Crippen molar-refractivity contribution in [2.45, 2.75) is 6.92 Å². The molecule has 1 heterocycles. The molecule has 6 nitrogen and oxygen atoms in total. The van der Waals surface area contributed by atoms with E-state index in [9.17, 15) is 4.79 Å². The number of carbonyl (C=O) groups excluding carboxylic acids is 1. The number of aromatic nitrogens is 1. The highest BCUT2D eigenvalue weighted by Gasteiger charge is 2.17. The molecule has 0 saturated carbocycles. The first-order chi connectivity index (χ1) is 15.7. The molecule has 32 heavy (non-hydrogen) atoms. The Kier molecular flexibility index (Phi) is 6.67. The second kappa shape index (κ2) is 9.98. The lowest BCUT2D eigenvalue weighted by molar-refractivity contribution is 0.102. The predicted molar refractivity (Wildman–Crippen MR) is 129 cm³/mol. The van der Waals surface area contributed by atoms with Gasteiger partial charge in [-0.3, -0.25) is 4.79 Å². The molecule has 0 aliphatic carbocycles. The van der Waals surface area contributed by atoms with Crippen LogP contribution in [0.4, 0.5) is 15.8 Å². The standard InChI is InChI=1S/C25H23N3O3S/c1-3-31-21-15-11-19(12-16-21)26-25-27-22(17-7-5-4-6-8-17)24(32-25)28-23(29)18-9-13-20(30-2)14-10-18/h4-16H,3H2,1-2H3,(H,26,27)(H,28,29). The van der Waals surface area contributed by atoms with E-state index < -0.39 is 0 Å². The largest absolute Gasteiger partial charge is 0.497 e. The number of amides is 1. The lowest BCUT2D eigenvalue weighted by Crippen LogP contribution is -2.11. The van der Waals surface area contributed by atoms with Crippen molar-refractivity contribution in [1.82, 2.24) is 4.98 Å². The molecule has 162 valence electrons. The summed E-state index contributed by atoms with van der Waals surface area (Å²) in [5, 5.41) is 7.68. The average Bonchev–Trinajstić information content (AvgIpc) is 3.23. The van der Waals surface area contributed by atoms with Crippen molar-refractivity contribution in [3.05, 3.63) is 84.4 Å². The van der Waals surface area contributed by atoms with Gasteiger partial charge in [-0.15, -0.1) is 0 Å². The maximum absolute atomic E-state index is 12.9. The first-order valence-electron chi connectivity index (χ1n) is 10.2. The Morgan fingerprint density at radius 1 is 0.938 bits per heavy atom. The number of ether oxygens (including phenoxy) is 2. The molecule has 0 radical (unpaired) electrons. The first-order valence-corrected chi connectivity index (χ1v) is 11.0. The van der Waals surface area contributed by atoms with E-state index in [4.69, 9.17) is 14.5 Å². The van der Waals surface area contributed by atoms with Crippen LogP contribution in [0.1, 0.15) is 17.3 Å². The van der Waals surface area contributed by atoms with Crippen LogP contribution in [0.5, 0.6) is 11.5 Å². The maximum Gasteiger partial charge on any atom is 0.256 e. The van der Waals surface area contributed by atoms with Gasteiger partial charge in [-0.2, -0.15) is 0 Å². The van der Waals surface area contributed by atoms with Crippen LogP contribution in [0.15, 0.2) is 78.9 Å². The number of carbonyl (C=O) groups is 1. The van der Waals surface area contributed by atoms with Crippen LogP contribution in [-0.2, 0) is 0 Å². The number of rotatable bonds is 8. The fourth-order valence-corrected chi connectivity index (χ4v) is 4.00. The van der Waals surface area contributed by atoms with E-state index in [1.165, 1.54) is 11.3 Å². The average molecular weight is 446 g/mol. The van der Waals surface area contributed by atoms with E-state index in [-0.39, 0.29) is 5.91 Å². The van der Waals surface area contributed by atoms with E-state index in [0.717, 1.165) is 17.0 Å². The molecule has 4 rings (SSSR count). The fraction of sp³-hybridized carbons (Fsp3) is 0.120. The van der Waals surface area contributed by atoms with E-state index in [0.29, 0.717) is 33.7 Å². The smallest absolute Gasteiger partial charge is 0.256 e. The second-order valence-electron chi connectivity index (χ2n) is 6.83. The minimum atomic E-state index is -0.207. The molecule has 0 aliphatic rings. The third-order valence-electron chi connectivity index (χ3n) is 4.67. The number of methoxy groups -OCH3 is 1. The van der Waals surface area contributed by atoms with Crippen molar-refractivity contribution in [2.24, 2.45) is 0 Å². The summed E-state index contributed by atoms with van der Waals surface area (Å²) in [4.78, 5) is 17.6. The highest BCUT2D eigenvalue weighted by molar-refractivity contribution is 7.20. The minimum absolute atomic E-state index is 0.207. The second-order valence-corrected chi connectivity index (χ2v) is 7.83. The number of hydrogen-bond donors (Lipinski definition) is 2. The summed E-state index contributed by atoms with van der Waals surface area (Å²) >= 11 is 1.38. The Balaban J connectivity index is 1.60. The lowest BCUT2D eigenvalue weighted by Gasteiger charge is -2.06. The van der Waals surface area contributed by atoms with Crippen molar-refractivity contribution >= 4 is 33.1 Å². The molecular weight excluding hydrogens is 422 g/mol. The molecule has 0 atom stereocenters. The summed E-state index contributed by atoms with van der Waals surface area (Å²) in [6.07, 6.45) is 0. The highest BCUT2D eigenvalue weighted by atomic mass is 32.1. The SMILES string of the molecule is CCOc1ccc(Nc2nc(-c3ccccc3)c(NC(=O)c3ccc(OC)cc3)s2)cc1. The van der Waals surface area contributed by atoms with E-state index in [1.807, 2.05) is 61.5 Å². The number of hydrogen-bond acceptors (Lipinski definition) is 6. The number of benzene rings is 3. The molecule has 0 fully saturated rings. The van der Waals surface area contributed by atoms with Crippen molar-refractivity contribution in [1.29, 1.82) is 0 Å². The van der Waals surface area contributed by atoms with Crippen molar-refractivity contribution < 1.29 is 14.3 Å². The molecule has 0 spiro atoms. The van der Waals surface area contributed by atoms with E-state index in [1.54, 1.807) is 31.4 Å². The van der Waals surface area contributed by atoms with Crippen LogP contribution in [0.2, 0.25) is 0 Å². The third kappa shape index (κ3) is 5.07. The van der Waals surface area contributed by atoms with Crippen LogP contribution in [0.3, 0.4) is 0 Å². The van der Waals surface area contributed by atoms with Crippen LogP contribution in [-0.4, -0.2) is 24.6 Å². The van der Waals surface area contributed by atoms with Gasteiger partial charge < -0.3 is 20.1 Å². The molecule has 3 aromatic carbocycles. The molecule has 1 amide bonds. The number of nitrogens with zero attached hydrogens (tertiary/aromatic N) is 1. The molecule has 2 N–H and O–H groups in total. The summed E-state index contributed by atoms with van der Waals surface area (Å²) in [5.74, 6) is 1.31. The van der Waals surface area contributed by atoms with E-state index in [2.05, 4.69) is 10.6 Å². The Bertz CT molecular complexity index is 1170. The zero-order valence-electron chi connectivity index (χ0n) is 17.8. The number of nitrogens with one attached hydrogen (secondary N) is 2. The van der Waals surface area contributed by atoms with Gasteiger partial charge in [0.1, 0.15) is 22.2 Å². The van der Waals surface area contributed by atoms with Gasteiger partial charge in [0, 0.05) is 16.8 Å². The van der Waals surface area contributed by atoms with E-state index >= 15 is 0 Å². The van der Waals surface area contributed by atoms with Gasteiger partial charge in [0.25, 0.3) is 5.91 Å². The van der Waals surface area contributed by atoms with Crippen LogP contribution in [0, 0.1) is 0 Å². The summed E-state index contributed by atoms with van der Waals surface area (Å²) < 4.78 is 10.7. The van der Waals surface area contributed by atoms with Gasteiger partial charge in [0.05, 0.1) is 13.7 Å². The molecule has 0 saturated heterocycles. The monoisotopic (exact) mass is 445 g/mol. The summed E-state index contributed by atoms with van der Waals surface area (Å²) in [6.45, 7) is 2.57. The molecular formula is C25H23N3O3S. The zero-order chi connectivity index (χ0) is 22.3. The highest BCUT2D eigenvalue weighted by Crippen LogP contribution is 2.37. The number of anilines is 3. The predicted octanol–water partition coefficient (Wildman–Crippen LogP) is 6.21. The van der Waals surface area contributed by atoms with Crippen LogP contribution >= 0.6 is 11.3 Å². The lowest BCUT2D eigenvalue weighted by atomic mass is 10.1. The van der Waals surface area contributed by atoms with Crippen molar-refractivity contribution in [2.75, 3.05) is 24.4 Å². The van der Waals surface area contributed by atoms with Gasteiger partial charge in [-0.1, -0.05) is 41.7 Å². The van der Waals surface area contributed by atoms with Crippen LogP contribution in [0.25, 0.3) is 11.3 Å². The Labute approximate surface area is 190 Å². The Hall–Kier alpha value is -3.84. The fourth-order valence-electron chi connectivity index (χ4n) is 3.09. The molecule has 0 bridgehead atoms. The molecule has 1 aromatic heterocycles. The van der Waals surface area contributed by atoms with Gasteiger partial charge in [-0.05, 0) is 55.5 Å². The molecule has 0 aliphatic heterocycles. The summed E-state index contributed by atoms with van der Waals surface area (Å²) in [5.41, 5.74) is 3.06.